The zero-order valence-corrected chi connectivity index (χ0v) is 11.2. The SMILES string of the molecule is CC(Cc1c(F)cccc1F)NCc1ccccc1O. The van der Waals surface area contributed by atoms with Crippen molar-refractivity contribution in [2.45, 2.75) is 25.9 Å². The standard InChI is InChI=1S/C16H17F2NO/c1-11(9-13-14(17)6-4-7-15(13)18)19-10-12-5-2-3-8-16(12)20/h2-8,11,19-20H,9-10H2,1H3. The number of halogens is 2. The lowest BCUT2D eigenvalue weighted by atomic mass is 10.1. The van der Waals surface area contributed by atoms with Crippen LogP contribution in [0.5, 0.6) is 5.75 Å². The zero-order valence-electron chi connectivity index (χ0n) is 11.2. The van der Waals surface area contributed by atoms with E-state index >= 15 is 0 Å². The van der Waals surface area contributed by atoms with Crippen molar-refractivity contribution in [2.24, 2.45) is 0 Å². The van der Waals surface area contributed by atoms with Crippen LogP contribution >= 0.6 is 0 Å². The van der Waals surface area contributed by atoms with Crippen LogP contribution in [0, 0.1) is 11.6 Å². The first-order valence-electron chi connectivity index (χ1n) is 6.51. The number of hydrogen-bond acceptors (Lipinski definition) is 2. The van der Waals surface area contributed by atoms with E-state index in [0.29, 0.717) is 6.54 Å². The smallest absolute Gasteiger partial charge is 0.129 e. The topological polar surface area (TPSA) is 32.3 Å². The van der Waals surface area contributed by atoms with Crippen LogP contribution < -0.4 is 5.32 Å². The maximum atomic E-state index is 13.5. The van der Waals surface area contributed by atoms with Gasteiger partial charge in [-0.3, -0.25) is 0 Å². The summed E-state index contributed by atoms with van der Waals surface area (Å²) < 4.78 is 27.1. The Labute approximate surface area is 117 Å². The van der Waals surface area contributed by atoms with E-state index in [0.717, 1.165) is 5.56 Å². The van der Waals surface area contributed by atoms with Gasteiger partial charge < -0.3 is 10.4 Å². The third-order valence-electron chi connectivity index (χ3n) is 3.20. The normalized spacial score (nSPS) is 12.3. The zero-order chi connectivity index (χ0) is 14.5. The highest BCUT2D eigenvalue weighted by Gasteiger charge is 2.12. The molecule has 2 nitrogen and oxygen atoms in total. The lowest BCUT2D eigenvalue weighted by Gasteiger charge is -2.15. The number of phenolic OH excluding ortho intramolecular Hbond substituents is 1. The Morgan fingerprint density at radius 2 is 1.70 bits per heavy atom. The molecule has 0 spiro atoms. The van der Waals surface area contributed by atoms with Crippen molar-refractivity contribution >= 4 is 0 Å². The fourth-order valence-electron chi connectivity index (χ4n) is 2.05. The van der Waals surface area contributed by atoms with E-state index in [4.69, 9.17) is 0 Å². The summed E-state index contributed by atoms with van der Waals surface area (Å²) in [7, 11) is 0. The molecule has 2 N–H and O–H groups in total. The predicted octanol–water partition coefficient (Wildman–Crippen LogP) is 3.39. The molecule has 0 aliphatic rings. The van der Waals surface area contributed by atoms with E-state index in [1.807, 2.05) is 13.0 Å². The van der Waals surface area contributed by atoms with E-state index in [9.17, 15) is 13.9 Å². The van der Waals surface area contributed by atoms with Crippen LogP contribution in [-0.2, 0) is 13.0 Å². The van der Waals surface area contributed by atoms with Crippen LogP contribution in [-0.4, -0.2) is 11.1 Å². The molecule has 1 atom stereocenters. The van der Waals surface area contributed by atoms with Crippen LogP contribution in [0.3, 0.4) is 0 Å². The number of aromatic hydroxyl groups is 1. The molecular weight excluding hydrogens is 260 g/mol. The molecule has 4 heteroatoms. The maximum Gasteiger partial charge on any atom is 0.129 e. The largest absolute Gasteiger partial charge is 0.508 e. The first kappa shape index (κ1) is 14.5. The second kappa shape index (κ2) is 6.48. The van der Waals surface area contributed by atoms with Gasteiger partial charge in [-0.05, 0) is 31.5 Å². The van der Waals surface area contributed by atoms with Crippen molar-refractivity contribution in [3.8, 4) is 5.75 Å². The van der Waals surface area contributed by atoms with Gasteiger partial charge in [-0.25, -0.2) is 8.78 Å². The molecule has 2 rings (SSSR count). The second-order valence-electron chi connectivity index (χ2n) is 4.81. The Morgan fingerprint density at radius 1 is 1.05 bits per heavy atom. The van der Waals surface area contributed by atoms with Gasteiger partial charge in [0.25, 0.3) is 0 Å². The average Bonchev–Trinajstić information content (AvgIpc) is 2.42. The quantitative estimate of drug-likeness (QED) is 0.878. The molecule has 2 aromatic rings. The minimum Gasteiger partial charge on any atom is -0.508 e. The fraction of sp³-hybridized carbons (Fsp3) is 0.250. The molecule has 0 bridgehead atoms. The van der Waals surface area contributed by atoms with Gasteiger partial charge in [0.1, 0.15) is 17.4 Å². The predicted molar refractivity (Wildman–Crippen MR) is 74.5 cm³/mol. The molecule has 0 aromatic heterocycles. The molecule has 0 aliphatic heterocycles. The third-order valence-corrected chi connectivity index (χ3v) is 3.20. The Kier molecular flexibility index (Phi) is 4.69. The molecule has 20 heavy (non-hydrogen) atoms. The molecule has 0 amide bonds. The number of nitrogens with one attached hydrogen (secondary N) is 1. The van der Waals surface area contributed by atoms with E-state index in [1.54, 1.807) is 18.2 Å². The highest BCUT2D eigenvalue weighted by Crippen LogP contribution is 2.17. The summed E-state index contributed by atoms with van der Waals surface area (Å²) in [4.78, 5) is 0. The highest BCUT2D eigenvalue weighted by molar-refractivity contribution is 5.31. The average molecular weight is 277 g/mol. The van der Waals surface area contributed by atoms with Crippen molar-refractivity contribution in [3.63, 3.8) is 0 Å². The molecule has 106 valence electrons. The first-order valence-corrected chi connectivity index (χ1v) is 6.51. The Hall–Kier alpha value is -1.94. The van der Waals surface area contributed by atoms with Crippen molar-refractivity contribution in [3.05, 3.63) is 65.2 Å². The Bertz CT molecular complexity index is 566. The third kappa shape index (κ3) is 3.54. The van der Waals surface area contributed by atoms with Crippen molar-refractivity contribution < 1.29 is 13.9 Å². The van der Waals surface area contributed by atoms with Gasteiger partial charge in [0, 0.05) is 23.7 Å². The van der Waals surface area contributed by atoms with Crippen LogP contribution in [0.4, 0.5) is 8.78 Å². The lowest BCUT2D eigenvalue weighted by Crippen LogP contribution is -2.28. The molecule has 2 aromatic carbocycles. The van der Waals surface area contributed by atoms with Crippen LogP contribution in [0.25, 0.3) is 0 Å². The lowest BCUT2D eigenvalue weighted by molar-refractivity contribution is 0.455. The summed E-state index contributed by atoms with van der Waals surface area (Å²) in [5.41, 5.74) is 0.845. The molecule has 0 saturated heterocycles. The second-order valence-corrected chi connectivity index (χ2v) is 4.81. The molecule has 0 aliphatic carbocycles. The van der Waals surface area contributed by atoms with Gasteiger partial charge in [0.15, 0.2) is 0 Å². The summed E-state index contributed by atoms with van der Waals surface area (Å²) in [5, 5.41) is 12.8. The Morgan fingerprint density at radius 3 is 2.35 bits per heavy atom. The number of benzene rings is 2. The van der Waals surface area contributed by atoms with Gasteiger partial charge in [0.05, 0.1) is 0 Å². The maximum absolute atomic E-state index is 13.5. The first-order chi connectivity index (χ1) is 9.58. The summed E-state index contributed by atoms with van der Waals surface area (Å²) in [6.07, 6.45) is 0.256. The van der Waals surface area contributed by atoms with Crippen molar-refractivity contribution in [1.82, 2.24) is 5.32 Å². The molecule has 0 heterocycles. The number of para-hydroxylation sites is 1. The molecule has 0 radical (unpaired) electrons. The van der Waals surface area contributed by atoms with Gasteiger partial charge in [-0.2, -0.15) is 0 Å². The van der Waals surface area contributed by atoms with Gasteiger partial charge in [-0.15, -0.1) is 0 Å². The summed E-state index contributed by atoms with van der Waals surface area (Å²) in [5.74, 6) is -0.841. The van der Waals surface area contributed by atoms with E-state index in [-0.39, 0.29) is 23.8 Å². The van der Waals surface area contributed by atoms with E-state index < -0.39 is 11.6 Å². The number of hydrogen-bond donors (Lipinski definition) is 2. The molecule has 0 saturated carbocycles. The Balaban J connectivity index is 1.96. The van der Waals surface area contributed by atoms with Crippen LogP contribution in [0.15, 0.2) is 42.5 Å². The van der Waals surface area contributed by atoms with Crippen molar-refractivity contribution in [1.29, 1.82) is 0 Å². The van der Waals surface area contributed by atoms with E-state index in [2.05, 4.69) is 5.32 Å². The monoisotopic (exact) mass is 277 g/mol. The number of rotatable bonds is 5. The number of phenols is 1. The molecule has 1 unspecified atom stereocenters. The van der Waals surface area contributed by atoms with Gasteiger partial charge >= 0.3 is 0 Å². The fourth-order valence-corrected chi connectivity index (χ4v) is 2.05. The minimum atomic E-state index is -0.527. The van der Waals surface area contributed by atoms with E-state index in [1.165, 1.54) is 18.2 Å². The van der Waals surface area contributed by atoms with Gasteiger partial charge in [0.2, 0.25) is 0 Å². The highest BCUT2D eigenvalue weighted by atomic mass is 19.1. The molecular formula is C16H17F2NO. The summed E-state index contributed by atoms with van der Waals surface area (Å²) in [6, 6.07) is 10.8. The summed E-state index contributed by atoms with van der Waals surface area (Å²) in [6.45, 7) is 2.30. The van der Waals surface area contributed by atoms with Crippen LogP contribution in [0.2, 0.25) is 0 Å². The van der Waals surface area contributed by atoms with Gasteiger partial charge in [-0.1, -0.05) is 24.3 Å². The van der Waals surface area contributed by atoms with Crippen LogP contribution in [0.1, 0.15) is 18.1 Å². The summed E-state index contributed by atoms with van der Waals surface area (Å²) >= 11 is 0. The minimum absolute atomic E-state index is 0.0878. The van der Waals surface area contributed by atoms with Crippen molar-refractivity contribution in [2.75, 3.05) is 0 Å². The molecule has 0 fully saturated rings.